The molecule has 0 fully saturated rings. The van der Waals surface area contributed by atoms with E-state index in [1.54, 1.807) is 17.0 Å². The number of aromatic nitrogens is 3. The van der Waals surface area contributed by atoms with Crippen LogP contribution in [0.5, 0.6) is 5.75 Å². The number of hydrogen-bond acceptors (Lipinski definition) is 5. The summed E-state index contributed by atoms with van der Waals surface area (Å²) in [4.78, 5) is 4.42. The molecule has 3 heterocycles. The van der Waals surface area contributed by atoms with Gasteiger partial charge in [-0.15, -0.1) is 0 Å². The van der Waals surface area contributed by atoms with Crippen LogP contribution in [0.4, 0.5) is 0 Å². The lowest BCUT2D eigenvalue weighted by Crippen LogP contribution is -1.99. The second kappa shape index (κ2) is 5.12. The van der Waals surface area contributed by atoms with Crippen molar-refractivity contribution in [3.05, 3.63) is 41.2 Å². The van der Waals surface area contributed by atoms with Gasteiger partial charge in [-0.1, -0.05) is 0 Å². The number of furan rings is 1. The molecule has 0 aliphatic heterocycles. The number of oxazole rings is 1. The van der Waals surface area contributed by atoms with Crippen molar-refractivity contribution in [3.8, 4) is 17.4 Å². The number of nitrogens with zero attached hydrogens (tertiary/aromatic N) is 3. The van der Waals surface area contributed by atoms with Gasteiger partial charge in [0.15, 0.2) is 11.5 Å². The summed E-state index contributed by atoms with van der Waals surface area (Å²) in [6.45, 7) is 6.09. The first-order valence-corrected chi connectivity index (χ1v) is 6.69. The summed E-state index contributed by atoms with van der Waals surface area (Å²) in [6.07, 6.45) is 1.59. The van der Waals surface area contributed by atoms with Gasteiger partial charge in [-0.05, 0) is 32.9 Å². The lowest BCUT2D eigenvalue weighted by Gasteiger charge is -2.04. The molecule has 0 amide bonds. The molecule has 3 aromatic heterocycles. The molecule has 0 radical (unpaired) electrons. The van der Waals surface area contributed by atoms with Crippen LogP contribution in [0.15, 0.2) is 27.2 Å². The average Bonchev–Trinajstić information content (AvgIpc) is 3.12. The fourth-order valence-corrected chi connectivity index (χ4v) is 2.17. The predicted octanol–water partition coefficient (Wildman–Crippen LogP) is 3.17. The van der Waals surface area contributed by atoms with Crippen LogP contribution < -0.4 is 4.74 Å². The summed E-state index contributed by atoms with van der Waals surface area (Å²) in [6, 6.07) is 3.61. The molecule has 0 unspecified atom stereocenters. The highest BCUT2D eigenvalue weighted by Gasteiger charge is 2.16. The van der Waals surface area contributed by atoms with E-state index in [9.17, 15) is 0 Å². The Morgan fingerprint density at radius 3 is 2.71 bits per heavy atom. The minimum atomic E-state index is 0.337. The Balaban J connectivity index is 1.80. The molecule has 21 heavy (non-hydrogen) atoms. The molecule has 0 aliphatic rings. The third-order valence-corrected chi connectivity index (χ3v) is 3.42. The maximum absolute atomic E-state index is 5.85. The van der Waals surface area contributed by atoms with Crippen molar-refractivity contribution in [2.75, 3.05) is 0 Å². The lowest BCUT2D eigenvalue weighted by molar-refractivity contribution is 0.295. The molecule has 0 saturated carbocycles. The van der Waals surface area contributed by atoms with E-state index in [1.807, 2.05) is 33.9 Å². The summed E-state index contributed by atoms with van der Waals surface area (Å²) in [5.74, 6) is 2.59. The highest BCUT2D eigenvalue weighted by Crippen LogP contribution is 2.25. The van der Waals surface area contributed by atoms with Gasteiger partial charge in [-0.3, -0.25) is 4.68 Å². The van der Waals surface area contributed by atoms with E-state index in [-0.39, 0.29) is 0 Å². The van der Waals surface area contributed by atoms with Crippen LogP contribution in [-0.4, -0.2) is 14.8 Å². The SMILES string of the molecule is Cc1nn(C)c(C)c1OCc1nc(-c2ccco2)oc1C. The Hall–Kier alpha value is -2.50. The zero-order valence-electron chi connectivity index (χ0n) is 12.5. The van der Waals surface area contributed by atoms with E-state index >= 15 is 0 Å². The maximum atomic E-state index is 5.85. The van der Waals surface area contributed by atoms with Crippen LogP contribution in [0.1, 0.15) is 22.8 Å². The number of rotatable bonds is 4. The third-order valence-electron chi connectivity index (χ3n) is 3.42. The minimum absolute atomic E-state index is 0.337. The first-order valence-electron chi connectivity index (χ1n) is 6.69. The Morgan fingerprint density at radius 2 is 2.10 bits per heavy atom. The zero-order chi connectivity index (χ0) is 15.0. The molecule has 0 N–H and O–H groups in total. The summed E-state index contributed by atoms with van der Waals surface area (Å²) in [7, 11) is 1.89. The molecular formula is C15H17N3O3. The molecule has 0 bridgehead atoms. The van der Waals surface area contributed by atoms with Crippen LogP contribution in [0.25, 0.3) is 11.7 Å². The van der Waals surface area contributed by atoms with E-state index in [0.717, 1.165) is 28.6 Å². The van der Waals surface area contributed by atoms with E-state index in [1.165, 1.54) is 0 Å². The molecular weight excluding hydrogens is 270 g/mol. The van der Waals surface area contributed by atoms with Crippen molar-refractivity contribution < 1.29 is 13.6 Å². The molecule has 0 aromatic carbocycles. The lowest BCUT2D eigenvalue weighted by atomic mass is 10.3. The number of ether oxygens (including phenoxy) is 1. The molecule has 3 aromatic rings. The van der Waals surface area contributed by atoms with Gasteiger partial charge in [0, 0.05) is 7.05 Å². The normalized spacial score (nSPS) is 11.0. The van der Waals surface area contributed by atoms with Gasteiger partial charge in [0.25, 0.3) is 5.89 Å². The van der Waals surface area contributed by atoms with Crippen molar-refractivity contribution in [1.82, 2.24) is 14.8 Å². The quantitative estimate of drug-likeness (QED) is 0.737. The largest absolute Gasteiger partial charge is 0.483 e. The maximum Gasteiger partial charge on any atom is 0.263 e. The van der Waals surface area contributed by atoms with Gasteiger partial charge in [0.05, 0.1) is 12.0 Å². The number of aryl methyl sites for hydroxylation is 3. The molecule has 0 aliphatic carbocycles. The monoisotopic (exact) mass is 287 g/mol. The molecule has 3 rings (SSSR count). The van der Waals surface area contributed by atoms with Gasteiger partial charge in [0.1, 0.15) is 23.8 Å². The van der Waals surface area contributed by atoms with Crippen LogP contribution in [0.2, 0.25) is 0 Å². The minimum Gasteiger partial charge on any atom is -0.483 e. The molecule has 0 saturated heterocycles. The highest BCUT2D eigenvalue weighted by atomic mass is 16.5. The van der Waals surface area contributed by atoms with Crippen molar-refractivity contribution in [2.24, 2.45) is 7.05 Å². The summed E-state index contributed by atoms with van der Waals surface area (Å²) in [5.41, 5.74) is 2.60. The average molecular weight is 287 g/mol. The fraction of sp³-hybridized carbons (Fsp3) is 0.333. The fourth-order valence-electron chi connectivity index (χ4n) is 2.17. The summed E-state index contributed by atoms with van der Waals surface area (Å²) in [5, 5.41) is 4.32. The Labute approximate surface area is 122 Å². The van der Waals surface area contributed by atoms with E-state index in [4.69, 9.17) is 13.6 Å². The van der Waals surface area contributed by atoms with Crippen molar-refractivity contribution in [3.63, 3.8) is 0 Å². The zero-order valence-corrected chi connectivity index (χ0v) is 12.5. The first kappa shape index (κ1) is 13.5. The van der Waals surface area contributed by atoms with Gasteiger partial charge in [-0.25, -0.2) is 4.98 Å². The van der Waals surface area contributed by atoms with Gasteiger partial charge in [0.2, 0.25) is 0 Å². The summed E-state index contributed by atoms with van der Waals surface area (Å²) >= 11 is 0. The van der Waals surface area contributed by atoms with Crippen molar-refractivity contribution >= 4 is 0 Å². The highest BCUT2D eigenvalue weighted by molar-refractivity contribution is 5.44. The van der Waals surface area contributed by atoms with Gasteiger partial charge in [-0.2, -0.15) is 5.10 Å². The second-order valence-electron chi connectivity index (χ2n) is 4.91. The van der Waals surface area contributed by atoms with Gasteiger partial charge < -0.3 is 13.6 Å². The Morgan fingerprint density at radius 1 is 1.29 bits per heavy atom. The molecule has 6 heteroatoms. The molecule has 0 spiro atoms. The van der Waals surface area contributed by atoms with E-state index < -0.39 is 0 Å². The van der Waals surface area contributed by atoms with E-state index in [2.05, 4.69) is 10.1 Å². The van der Waals surface area contributed by atoms with Crippen molar-refractivity contribution in [2.45, 2.75) is 27.4 Å². The van der Waals surface area contributed by atoms with E-state index in [0.29, 0.717) is 18.3 Å². The van der Waals surface area contributed by atoms with Crippen LogP contribution in [0.3, 0.4) is 0 Å². The third kappa shape index (κ3) is 2.44. The molecule has 6 nitrogen and oxygen atoms in total. The van der Waals surface area contributed by atoms with Crippen molar-refractivity contribution in [1.29, 1.82) is 0 Å². The second-order valence-corrected chi connectivity index (χ2v) is 4.91. The smallest absolute Gasteiger partial charge is 0.263 e. The van der Waals surface area contributed by atoms with Crippen LogP contribution in [-0.2, 0) is 13.7 Å². The van der Waals surface area contributed by atoms with Crippen LogP contribution >= 0.6 is 0 Å². The standard InChI is InChI=1S/C15H17N3O3/c1-9-14(10(2)18(4)17-9)20-8-12-11(3)21-15(16-12)13-6-5-7-19-13/h5-7H,8H2,1-4H3. The summed E-state index contributed by atoms with van der Waals surface area (Å²) < 4.78 is 18.5. The molecule has 110 valence electrons. The van der Waals surface area contributed by atoms with Gasteiger partial charge >= 0.3 is 0 Å². The number of hydrogen-bond donors (Lipinski definition) is 0. The first-order chi connectivity index (χ1) is 10.1. The Kier molecular flexibility index (Phi) is 3.29. The van der Waals surface area contributed by atoms with Crippen LogP contribution in [0, 0.1) is 20.8 Å². The Bertz CT molecular complexity index is 754. The molecule has 0 atom stereocenters. The topological polar surface area (TPSA) is 66.2 Å². The predicted molar refractivity (Wildman–Crippen MR) is 76.0 cm³/mol.